The van der Waals surface area contributed by atoms with E-state index in [9.17, 15) is 35.4 Å². The van der Waals surface area contributed by atoms with Gasteiger partial charge in [0, 0.05) is 6.07 Å². The predicted octanol–water partition coefficient (Wildman–Crippen LogP) is -0.356. The number of hydrogen-bond acceptors (Lipinski definition) is 11. The van der Waals surface area contributed by atoms with E-state index in [4.69, 9.17) is 18.9 Å². The molecule has 2 heterocycles. The average molecular weight is 464 g/mol. The van der Waals surface area contributed by atoms with Crippen LogP contribution in [0.15, 0.2) is 30.3 Å². The van der Waals surface area contributed by atoms with Gasteiger partial charge >= 0.3 is 0 Å². The van der Waals surface area contributed by atoms with Gasteiger partial charge in [-0.15, -0.1) is 0 Å². The van der Waals surface area contributed by atoms with Crippen molar-refractivity contribution >= 4 is 5.78 Å². The number of rotatable bonds is 5. The van der Waals surface area contributed by atoms with Gasteiger partial charge in [-0.2, -0.15) is 0 Å². The van der Waals surface area contributed by atoms with Crippen molar-refractivity contribution in [2.24, 2.45) is 0 Å². The molecule has 2 aromatic rings. The summed E-state index contributed by atoms with van der Waals surface area (Å²) in [6.45, 7) is -0.685. The molecule has 2 aliphatic rings. The predicted molar refractivity (Wildman–Crippen MR) is 110 cm³/mol. The SMILES string of the molecule is COc1c(OC2OC(CO)C(O)C(O)C2O)cc2c(c1O)C(=O)C(c1ccc(O)cc1)CO2. The zero-order chi connectivity index (χ0) is 23.9. The summed E-state index contributed by atoms with van der Waals surface area (Å²) < 4.78 is 21.8. The minimum Gasteiger partial charge on any atom is -0.508 e. The number of Topliss-reactive ketones (excluding diaryl/α,β-unsaturated/α-hetero) is 1. The highest BCUT2D eigenvalue weighted by molar-refractivity contribution is 6.07. The Hall–Kier alpha value is -3.09. The number of aromatic hydroxyl groups is 2. The summed E-state index contributed by atoms with van der Waals surface area (Å²) >= 11 is 0. The number of benzene rings is 2. The Balaban J connectivity index is 1.66. The molecule has 0 spiro atoms. The van der Waals surface area contributed by atoms with Gasteiger partial charge in [-0.25, -0.2) is 0 Å². The first-order valence-electron chi connectivity index (χ1n) is 10.1. The van der Waals surface area contributed by atoms with Crippen LogP contribution in [-0.2, 0) is 4.74 Å². The van der Waals surface area contributed by atoms with E-state index < -0.39 is 54.8 Å². The van der Waals surface area contributed by atoms with Crippen LogP contribution in [0.4, 0.5) is 0 Å². The molecule has 2 aliphatic heterocycles. The van der Waals surface area contributed by atoms with Crippen LogP contribution >= 0.6 is 0 Å². The van der Waals surface area contributed by atoms with Crippen molar-refractivity contribution in [1.82, 2.24) is 0 Å². The number of carbonyl (C=O) groups excluding carboxylic acids is 1. The third-order valence-electron chi connectivity index (χ3n) is 5.74. The first-order chi connectivity index (χ1) is 15.8. The highest BCUT2D eigenvalue weighted by Gasteiger charge is 2.45. The zero-order valence-electron chi connectivity index (χ0n) is 17.5. The van der Waals surface area contributed by atoms with Crippen LogP contribution in [0, 0.1) is 0 Å². The number of phenols is 2. The molecule has 33 heavy (non-hydrogen) atoms. The molecule has 0 amide bonds. The highest BCUT2D eigenvalue weighted by atomic mass is 16.7. The lowest BCUT2D eigenvalue weighted by atomic mass is 9.88. The number of ketones is 1. The Morgan fingerprint density at radius 1 is 1.06 bits per heavy atom. The lowest BCUT2D eigenvalue weighted by Gasteiger charge is -2.39. The van der Waals surface area contributed by atoms with Crippen LogP contribution in [0.25, 0.3) is 0 Å². The second-order valence-electron chi connectivity index (χ2n) is 7.76. The Bertz CT molecular complexity index is 1020. The molecule has 4 rings (SSSR count). The van der Waals surface area contributed by atoms with Gasteiger partial charge in [0.05, 0.1) is 19.6 Å². The maximum Gasteiger partial charge on any atom is 0.229 e. The molecular weight excluding hydrogens is 440 g/mol. The minimum absolute atomic E-state index is 0.00733. The van der Waals surface area contributed by atoms with Gasteiger partial charge in [0.1, 0.15) is 48.1 Å². The maximum absolute atomic E-state index is 13.2. The molecule has 178 valence electrons. The third-order valence-corrected chi connectivity index (χ3v) is 5.74. The number of fused-ring (bicyclic) bond motifs is 1. The summed E-state index contributed by atoms with van der Waals surface area (Å²) in [4.78, 5) is 13.2. The lowest BCUT2D eigenvalue weighted by molar-refractivity contribution is -0.277. The second-order valence-corrected chi connectivity index (χ2v) is 7.76. The van der Waals surface area contributed by atoms with E-state index in [1.165, 1.54) is 25.3 Å². The molecule has 6 atom stereocenters. The van der Waals surface area contributed by atoms with Crippen molar-refractivity contribution in [3.05, 3.63) is 41.5 Å². The normalized spacial score (nSPS) is 29.2. The second kappa shape index (κ2) is 9.04. The van der Waals surface area contributed by atoms with E-state index in [2.05, 4.69) is 0 Å². The molecule has 2 aromatic carbocycles. The number of aliphatic hydroxyl groups excluding tert-OH is 4. The van der Waals surface area contributed by atoms with Crippen LogP contribution in [0.5, 0.6) is 28.7 Å². The smallest absolute Gasteiger partial charge is 0.229 e. The summed E-state index contributed by atoms with van der Waals surface area (Å²) in [5.41, 5.74) is 0.459. The van der Waals surface area contributed by atoms with E-state index in [1.54, 1.807) is 12.1 Å². The first kappa shape index (κ1) is 23.1. The standard InChI is InChI=1S/C22H24O11/c1-30-21-13(32-22-20(29)19(28)17(26)14(7-23)33-22)6-12-15(18(21)27)16(25)11(8-31-12)9-2-4-10(24)5-3-9/h2-6,11,14,17,19-20,22-24,26-29H,7-8H2,1H3. The molecule has 11 nitrogen and oxygen atoms in total. The van der Waals surface area contributed by atoms with Crippen molar-refractivity contribution in [3.8, 4) is 28.7 Å². The average Bonchev–Trinajstić information content (AvgIpc) is 2.80. The summed E-state index contributed by atoms with van der Waals surface area (Å²) in [5.74, 6) is -2.06. The molecule has 0 bridgehead atoms. The van der Waals surface area contributed by atoms with Crippen LogP contribution in [0.1, 0.15) is 21.8 Å². The van der Waals surface area contributed by atoms with Crippen molar-refractivity contribution in [3.63, 3.8) is 0 Å². The fraction of sp³-hybridized carbons (Fsp3) is 0.409. The minimum atomic E-state index is -1.69. The Kier molecular flexibility index (Phi) is 6.32. The number of aliphatic hydroxyl groups is 4. The van der Waals surface area contributed by atoms with Crippen molar-refractivity contribution in [1.29, 1.82) is 0 Å². The summed E-state index contributed by atoms with van der Waals surface area (Å²) in [6, 6.07) is 7.32. The van der Waals surface area contributed by atoms with Crippen LogP contribution in [-0.4, -0.2) is 87.5 Å². The van der Waals surface area contributed by atoms with Gasteiger partial charge < -0.3 is 49.6 Å². The third kappa shape index (κ3) is 4.05. The molecule has 0 aliphatic carbocycles. The Morgan fingerprint density at radius 3 is 2.39 bits per heavy atom. The summed E-state index contributed by atoms with van der Waals surface area (Å²) in [6.07, 6.45) is -7.65. The van der Waals surface area contributed by atoms with Gasteiger partial charge in [0.15, 0.2) is 17.3 Å². The molecule has 1 saturated heterocycles. The molecule has 6 N–H and O–H groups in total. The molecule has 0 radical (unpaired) electrons. The zero-order valence-corrected chi connectivity index (χ0v) is 17.5. The van der Waals surface area contributed by atoms with Crippen LogP contribution < -0.4 is 14.2 Å². The fourth-order valence-corrected chi connectivity index (χ4v) is 3.91. The highest BCUT2D eigenvalue weighted by Crippen LogP contribution is 2.48. The van der Waals surface area contributed by atoms with Crippen LogP contribution in [0.2, 0.25) is 0 Å². The molecule has 0 aromatic heterocycles. The van der Waals surface area contributed by atoms with Crippen molar-refractivity contribution in [2.75, 3.05) is 20.3 Å². The first-order valence-corrected chi connectivity index (χ1v) is 10.1. The van der Waals surface area contributed by atoms with Gasteiger partial charge in [-0.3, -0.25) is 4.79 Å². The summed E-state index contributed by atoms with van der Waals surface area (Å²) in [5, 5.41) is 59.8. The largest absolute Gasteiger partial charge is 0.508 e. The van der Waals surface area contributed by atoms with Crippen LogP contribution in [0.3, 0.4) is 0 Å². The molecule has 6 unspecified atom stereocenters. The topological polar surface area (TPSA) is 175 Å². The number of carbonyl (C=O) groups is 1. The van der Waals surface area contributed by atoms with E-state index in [-0.39, 0.29) is 35.2 Å². The number of ether oxygens (including phenoxy) is 4. The van der Waals surface area contributed by atoms with E-state index in [0.29, 0.717) is 5.56 Å². The maximum atomic E-state index is 13.2. The Labute approximate surface area is 188 Å². The molecule has 11 heteroatoms. The van der Waals surface area contributed by atoms with Crippen molar-refractivity contribution < 1.29 is 54.4 Å². The van der Waals surface area contributed by atoms with Crippen molar-refractivity contribution in [2.45, 2.75) is 36.6 Å². The van der Waals surface area contributed by atoms with Gasteiger partial charge in [0.25, 0.3) is 0 Å². The monoisotopic (exact) mass is 464 g/mol. The fourth-order valence-electron chi connectivity index (χ4n) is 3.91. The van der Waals surface area contributed by atoms with Gasteiger partial charge in [-0.1, -0.05) is 12.1 Å². The van der Waals surface area contributed by atoms with E-state index in [0.717, 1.165) is 0 Å². The number of hydrogen-bond donors (Lipinski definition) is 6. The Morgan fingerprint density at radius 2 is 1.76 bits per heavy atom. The number of phenolic OH excluding ortho intramolecular Hbond substituents is 2. The molecular formula is C22H24O11. The van der Waals surface area contributed by atoms with E-state index in [1.807, 2.05) is 0 Å². The van der Waals surface area contributed by atoms with E-state index >= 15 is 0 Å². The number of methoxy groups -OCH3 is 1. The lowest BCUT2D eigenvalue weighted by Crippen LogP contribution is -2.60. The van der Waals surface area contributed by atoms with Gasteiger partial charge in [0.2, 0.25) is 12.0 Å². The molecule has 1 fully saturated rings. The molecule has 0 saturated carbocycles. The van der Waals surface area contributed by atoms with Gasteiger partial charge in [-0.05, 0) is 17.7 Å². The quantitative estimate of drug-likeness (QED) is 0.341. The summed E-state index contributed by atoms with van der Waals surface area (Å²) in [7, 11) is 1.23.